The van der Waals surface area contributed by atoms with Gasteiger partial charge in [0.25, 0.3) is 5.91 Å². The van der Waals surface area contributed by atoms with Crippen molar-refractivity contribution in [1.29, 1.82) is 0 Å². The molecule has 1 amide bonds. The minimum Gasteiger partial charge on any atom is -0.319 e. The van der Waals surface area contributed by atoms with Crippen molar-refractivity contribution in [2.45, 2.75) is 39.7 Å². The highest BCUT2D eigenvalue weighted by molar-refractivity contribution is 6.02. The fraction of sp³-hybridized carbons (Fsp3) is 0.412. The lowest BCUT2D eigenvalue weighted by Crippen LogP contribution is -2.15. The van der Waals surface area contributed by atoms with Crippen LogP contribution in [0.4, 0.5) is 5.69 Å². The van der Waals surface area contributed by atoms with E-state index >= 15 is 0 Å². The summed E-state index contributed by atoms with van der Waals surface area (Å²) in [5, 5.41) is 11.6. The van der Waals surface area contributed by atoms with Crippen molar-refractivity contribution < 1.29 is 4.79 Å². The SMILES string of the molecule is Cc1nc2ccc(NC(=O)c3cc(C)n(C(C)C4CC4)n3)cn2n1. The van der Waals surface area contributed by atoms with Gasteiger partial charge >= 0.3 is 0 Å². The standard InChI is InChI=1S/C17H20N6O/c1-10-8-15(21-23(10)11(2)13-4-5-13)17(24)19-14-6-7-16-18-12(3)20-22(16)9-14/h6-9,11,13H,4-5H2,1-3H3,(H,19,24). The molecule has 3 heterocycles. The topological polar surface area (TPSA) is 77.1 Å². The Labute approximate surface area is 139 Å². The lowest BCUT2D eigenvalue weighted by atomic mass is 10.2. The molecule has 4 rings (SSSR count). The van der Waals surface area contributed by atoms with Crippen LogP contribution in [0.15, 0.2) is 24.4 Å². The van der Waals surface area contributed by atoms with Crippen LogP contribution in [0, 0.1) is 19.8 Å². The van der Waals surface area contributed by atoms with Crippen LogP contribution in [0.3, 0.4) is 0 Å². The zero-order valence-corrected chi connectivity index (χ0v) is 14.0. The molecule has 7 nitrogen and oxygen atoms in total. The summed E-state index contributed by atoms with van der Waals surface area (Å²) < 4.78 is 3.63. The van der Waals surface area contributed by atoms with Crippen LogP contribution in [0.25, 0.3) is 5.65 Å². The van der Waals surface area contributed by atoms with Gasteiger partial charge in [-0.1, -0.05) is 0 Å². The number of hydrogen-bond donors (Lipinski definition) is 1. The molecular weight excluding hydrogens is 304 g/mol. The third-order valence-electron chi connectivity index (χ3n) is 4.54. The fourth-order valence-corrected chi connectivity index (χ4v) is 3.05. The molecule has 1 N–H and O–H groups in total. The molecule has 0 saturated heterocycles. The van der Waals surface area contributed by atoms with E-state index in [1.54, 1.807) is 10.7 Å². The first-order chi connectivity index (χ1) is 11.5. The van der Waals surface area contributed by atoms with Gasteiger partial charge in [-0.15, -0.1) is 0 Å². The van der Waals surface area contributed by atoms with E-state index in [0.717, 1.165) is 11.3 Å². The van der Waals surface area contributed by atoms with Crippen LogP contribution < -0.4 is 5.32 Å². The fourth-order valence-electron chi connectivity index (χ4n) is 3.05. The predicted octanol–water partition coefficient (Wildman–Crippen LogP) is 2.77. The van der Waals surface area contributed by atoms with Crippen LogP contribution in [-0.4, -0.2) is 30.3 Å². The van der Waals surface area contributed by atoms with Crippen LogP contribution in [0.2, 0.25) is 0 Å². The van der Waals surface area contributed by atoms with E-state index in [2.05, 4.69) is 27.4 Å². The number of rotatable bonds is 4. The predicted molar refractivity (Wildman–Crippen MR) is 90.1 cm³/mol. The number of anilines is 1. The maximum absolute atomic E-state index is 12.5. The van der Waals surface area contributed by atoms with E-state index in [-0.39, 0.29) is 5.91 Å². The number of amides is 1. The highest BCUT2D eigenvalue weighted by Crippen LogP contribution is 2.39. The molecule has 0 bridgehead atoms. The molecule has 0 spiro atoms. The number of pyridine rings is 1. The Kier molecular flexibility index (Phi) is 3.37. The molecule has 1 aliphatic carbocycles. The van der Waals surface area contributed by atoms with Gasteiger partial charge in [0.1, 0.15) is 5.82 Å². The molecule has 7 heteroatoms. The van der Waals surface area contributed by atoms with Crippen LogP contribution in [-0.2, 0) is 0 Å². The molecule has 124 valence electrons. The van der Waals surface area contributed by atoms with E-state index in [1.165, 1.54) is 12.8 Å². The van der Waals surface area contributed by atoms with Gasteiger partial charge in [0.05, 0.1) is 17.9 Å². The number of nitrogens with zero attached hydrogens (tertiary/aromatic N) is 5. The minimum atomic E-state index is -0.212. The van der Waals surface area contributed by atoms with Crippen molar-refractivity contribution >= 4 is 17.2 Å². The van der Waals surface area contributed by atoms with Crippen molar-refractivity contribution in [2.75, 3.05) is 5.32 Å². The van der Waals surface area contributed by atoms with Gasteiger partial charge in [-0.2, -0.15) is 10.2 Å². The molecule has 0 aromatic carbocycles. The molecule has 1 fully saturated rings. The third kappa shape index (κ3) is 2.66. The molecule has 24 heavy (non-hydrogen) atoms. The van der Waals surface area contributed by atoms with Gasteiger partial charge in [0.15, 0.2) is 11.3 Å². The summed E-state index contributed by atoms with van der Waals surface area (Å²) >= 11 is 0. The maximum Gasteiger partial charge on any atom is 0.276 e. The lowest BCUT2D eigenvalue weighted by Gasteiger charge is -2.12. The second kappa shape index (κ2) is 5.43. The summed E-state index contributed by atoms with van der Waals surface area (Å²) in [6, 6.07) is 5.83. The summed E-state index contributed by atoms with van der Waals surface area (Å²) in [6.45, 7) is 5.99. The molecule has 3 aromatic rings. The van der Waals surface area contributed by atoms with Crippen molar-refractivity contribution in [1.82, 2.24) is 24.4 Å². The zero-order valence-electron chi connectivity index (χ0n) is 14.0. The van der Waals surface area contributed by atoms with Crippen LogP contribution in [0.5, 0.6) is 0 Å². The second-order valence-corrected chi connectivity index (χ2v) is 6.53. The number of carbonyl (C=O) groups is 1. The lowest BCUT2D eigenvalue weighted by molar-refractivity contribution is 0.102. The number of hydrogen-bond acceptors (Lipinski definition) is 4. The summed E-state index contributed by atoms with van der Waals surface area (Å²) in [7, 11) is 0. The summed E-state index contributed by atoms with van der Waals surface area (Å²) in [5.74, 6) is 1.18. The minimum absolute atomic E-state index is 0.212. The Balaban J connectivity index is 1.55. The van der Waals surface area contributed by atoms with Crippen LogP contribution >= 0.6 is 0 Å². The van der Waals surface area contributed by atoms with Gasteiger partial charge in [-0.3, -0.25) is 9.48 Å². The van der Waals surface area contributed by atoms with Gasteiger partial charge in [0, 0.05) is 5.69 Å². The molecule has 1 aliphatic rings. The average molecular weight is 324 g/mol. The monoisotopic (exact) mass is 324 g/mol. The van der Waals surface area contributed by atoms with Gasteiger partial charge in [-0.25, -0.2) is 9.50 Å². The van der Waals surface area contributed by atoms with Crippen molar-refractivity contribution in [3.05, 3.63) is 41.6 Å². The highest BCUT2D eigenvalue weighted by atomic mass is 16.2. The first-order valence-corrected chi connectivity index (χ1v) is 8.22. The molecule has 0 radical (unpaired) electrons. The summed E-state index contributed by atoms with van der Waals surface area (Å²) in [4.78, 5) is 16.8. The third-order valence-corrected chi connectivity index (χ3v) is 4.54. The Morgan fingerprint density at radius 1 is 1.29 bits per heavy atom. The van der Waals surface area contributed by atoms with E-state index < -0.39 is 0 Å². The Morgan fingerprint density at radius 3 is 2.83 bits per heavy atom. The van der Waals surface area contributed by atoms with Crippen LogP contribution in [0.1, 0.15) is 47.8 Å². The largest absolute Gasteiger partial charge is 0.319 e. The summed E-state index contributed by atoms with van der Waals surface area (Å²) in [5.41, 5.74) is 2.88. The zero-order chi connectivity index (χ0) is 16.8. The smallest absolute Gasteiger partial charge is 0.276 e. The Morgan fingerprint density at radius 2 is 2.08 bits per heavy atom. The molecule has 1 saturated carbocycles. The second-order valence-electron chi connectivity index (χ2n) is 6.53. The molecule has 3 aromatic heterocycles. The van der Waals surface area contributed by atoms with Gasteiger partial charge in [0.2, 0.25) is 0 Å². The molecular formula is C17H20N6O. The first-order valence-electron chi connectivity index (χ1n) is 8.22. The van der Waals surface area contributed by atoms with Crippen molar-refractivity contribution in [3.63, 3.8) is 0 Å². The maximum atomic E-state index is 12.5. The number of fused-ring (bicyclic) bond motifs is 1. The quantitative estimate of drug-likeness (QED) is 0.800. The first kappa shape index (κ1) is 14.9. The Hall–Kier alpha value is -2.70. The number of aryl methyl sites for hydroxylation is 2. The Bertz CT molecular complexity index is 920. The van der Waals surface area contributed by atoms with E-state index in [9.17, 15) is 4.79 Å². The average Bonchev–Trinajstić information content (AvgIpc) is 3.22. The molecule has 1 atom stereocenters. The van der Waals surface area contributed by atoms with Gasteiger partial charge < -0.3 is 5.32 Å². The molecule has 1 unspecified atom stereocenters. The highest BCUT2D eigenvalue weighted by Gasteiger charge is 2.30. The van der Waals surface area contributed by atoms with E-state index in [1.807, 2.05) is 36.7 Å². The number of carbonyl (C=O) groups excluding carboxylic acids is 1. The van der Waals surface area contributed by atoms with E-state index in [4.69, 9.17) is 0 Å². The summed E-state index contributed by atoms with van der Waals surface area (Å²) in [6.07, 6.45) is 4.25. The normalized spacial score (nSPS) is 15.6. The number of nitrogens with one attached hydrogen (secondary N) is 1. The van der Waals surface area contributed by atoms with Crippen molar-refractivity contribution in [3.8, 4) is 0 Å². The molecule has 0 aliphatic heterocycles. The van der Waals surface area contributed by atoms with Crippen molar-refractivity contribution in [2.24, 2.45) is 5.92 Å². The number of aromatic nitrogens is 5. The van der Waals surface area contributed by atoms with E-state index in [0.29, 0.717) is 29.2 Å². The van der Waals surface area contributed by atoms with Gasteiger partial charge in [-0.05, 0) is 57.7 Å².